The molecule has 3 rings (SSSR count). The molecule has 1 amide bonds. The molecule has 0 spiro atoms. The van der Waals surface area contributed by atoms with E-state index in [1.54, 1.807) is 0 Å². The number of hydrogen-bond donors (Lipinski definition) is 1. The van der Waals surface area contributed by atoms with Crippen LogP contribution >= 0.6 is 11.3 Å². The van der Waals surface area contributed by atoms with Gasteiger partial charge in [-0.2, -0.15) is 0 Å². The molecule has 1 N–H and O–H groups in total. The number of nitrogens with zero attached hydrogens (tertiary/aromatic N) is 3. The average Bonchev–Trinajstić information content (AvgIpc) is 3.42. The van der Waals surface area contributed by atoms with E-state index in [2.05, 4.69) is 32.6 Å². The minimum Gasteiger partial charge on any atom is -0.379 e. The summed E-state index contributed by atoms with van der Waals surface area (Å²) in [6, 6.07) is 8.29. The fourth-order valence-corrected chi connectivity index (χ4v) is 4.12. The van der Waals surface area contributed by atoms with Crippen molar-refractivity contribution in [3.8, 4) is 0 Å². The summed E-state index contributed by atoms with van der Waals surface area (Å²) >= 11 is 1.81. The Hall–Kier alpha value is -1.67. The first-order valence-corrected chi connectivity index (χ1v) is 11.1. The summed E-state index contributed by atoms with van der Waals surface area (Å²) in [5, 5.41) is 5.20. The van der Waals surface area contributed by atoms with Crippen molar-refractivity contribution in [1.82, 2.24) is 19.7 Å². The summed E-state index contributed by atoms with van der Waals surface area (Å²) in [7, 11) is 0. The molecule has 0 bridgehead atoms. The first kappa shape index (κ1) is 21.0. The Morgan fingerprint density at radius 1 is 1.14 bits per heavy atom. The van der Waals surface area contributed by atoms with Crippen molar-refractivity contribution in [1.29, 1.82) is 0 Å². The number of carbonyl (C=O) groups excluding carboxylic acids is 1. The van der Waals surface area contributed by atoms with Crippen LogP contribution in [-0.2, 0) is 22.6 Å². The predicted octanol–water partition coefficient (Wildman–Crippen LogP) is 2.28. The van der Waals surface area contributed by atoms with Crippen LogP contribution in [0.2, 0.25) is 0 Å². The highest BCUT2D eigenvalue weighted by molar-refractivity contribution is 7.09. The van der Waals surface area contributed by atoms with Crippen molar-refractivity contribution in [3.63, 3.8) is 0 Å². The number of hydrogen-bond acceptors (Lipinski definition) is 5. The third-order valence-corrected chi connectivity index (χ3v) is 5.89. The fraction of sp³-hybridized carbons (Fsp3) is 0.571. The quantitative estimate of drug-likeness (QED) is 0.552. The number of carbonyl (C=O) groups is 1. The average molecular weight is 405 g/mol. The van der Waals surface area contributed by atoms with E-state index >= 15 is 0 Å². The van der Waals surface area contributed by atoms with E-state index < -0.39 is 0 Å². The second kappa shape index (κ2) is 12.0. The Morgan fingerprint density at radius 2 is 1.96 bits per heavy atom. The number of thiophene rings is 1. The summed E-state index contributed by atoms with van der Waals surface area (Å²) in [6.45, 7) is 9.36. The van der Waals surface area contributed by atoms with Crippen LogP contribution in [0, 0.1) is 0 Å². The van der Waals surface area contributed by atoms with Crippen LogP contribution in [0.3, 0.4) is 0 Å². The zero-order valence-electron chi connectivity index (χ0n) is 16.6. The summed E-state index contributed by atoms with van der Waals surface area (Å²) in [5.74, 6) is 0.131. The van der Waals surface area contributed by atoms with Crippen LogP contribution < -0.4 is 5.32 Å². The Balaban J connectivity index is 1.34. The molecule has 2 aromatic heterocycles. The number of amides is 1. The van der Waals surface area contributed by atoms with Crippen LogP contribution in [0.4, 0.5) is 0 Å². The monoisotopic (exact) mass is 404 g/mol. The maximum Gasteiger partial charge on any atom is 0.221 e. The topological polar surface area (TPSA) is 49.7 Å². The predicted molar refractivity (Wildman–Crippen MR) is 114 cm³/mol. The van der Waals surface area contributed by atoms with Gasteiger partial charge in [0.2, 0.25) is 5.91 Å². The van der Waals surface area contributed by atoms with Gasteiger partial charge in [0.15, 0.2) is 0 Å². The lowest BCUT2D eigenvalue weighted by Gasteiger charge is -2.30. The summed E-state index contributed by atoms with van der Waals surface area (Å²) in [4.78, 5) is 18.4. The van der Waals surface area contributed by atoms with E-state index in [9.17, 15) is 4.79 Å². The van der Waals surface area contributed by atoms with Gasteiger partial charge in [-0.3, -0.25) is 14.6 Å². The van der Waals surface area contributed by atoms with Gasteiger partial charge < -0.3 is 14.6 Å². The van der Waals surface area contributed by atoms with Gasteiger partial charge in [0, 0.05) is 76.0 Å². The Kier molecular flexibility index (Phi) is 9.03. The van der Waals surface area contributed by atoms with E-state index in [0.29, 0.717) is 6.42 Å². The van der Waals surface area contributed by atoms with Gasteiger partial charge in [0.05, 0.1) is 13.2 Å². The van der Waals surface area contributed by atoms with Gasteiger partial charge in [-0.15, -0.1) is 11.3 Å². The van der Waals surface area contributed by atoms with Crippen molar-refractivity contribution in [3.05, 3.63) is 46.9 Å². The molecule has 0 saturated carbocycles. The van der Waals surface area contributed by atoms with Gasteiger partial charge in [0.1, 0.15) is 0 Å². The number of nitrogens with one attached hydrogen (secondary N) is 1. The van der Waals surface area contributed by atoms with Crippen LogP contribution in [0.1, 0.15) is 17.7 Å². The smallest absolute Gasteiger partial charge is 0.221 e. The second-order valence-corrected chi connectivity index (χ2v) is 8.22. The van der Waals surface area contributed by atoms with Crippen molar-refractivity contribution in [2.24, 2.45) is 0 Å². The highest BCUT2D eigenvalue weighted by Crippen LogP contribution is 2.12. The first-order chi connectivity index (χ1) is 13.8. The molecule has 28 heavy (non-hydrogen) atoms. The summed E-state index contributed by atoms with van der Waals surface area (Å²) < 4.78 is 7.48. The number of aryl methyl sites for hydroxylation is 1. The molecule has 1 aliphatic rings. The normalized spacial score (nSPS) is 15.2. The van der Waals surface area contributed by atoms with Crippen molar-refractivity contribution in [2.75, 3.05) is 52.5 Å². The molecule has 0 aromatic carbocycles. The number of aromatic nitrogens is 1. The van der Waals surface area contributed by atoms with Crippen LogP contribution in [0.15, 0.2) is 42.0 Å². The zero-order valence-corrected chi connectivity index (χ0v) is 17.4. The highest BCUT2D eigenvalue weighted by Gasteiger charge is 2.13. The van der Waals surface area contributed by atoms with E-state index in [4.69, 9.17) is 4.74 Å². The minimum atomic E-state index is 0.131. The minimum absolute atomic E-state index is 0.131. The Morgan fingerprint density at radius 3 is 2.71 bits per heavy atom. The van der Waals surface area contributed by atoms with Gasteiger partial charge in [-0.25, -0.2) is 0 Å². The van der Waals surface area contributed by atoms with Crippen molar-refractivity contribution >= 4 is 17.2 Å². The van der Waals surface area contributed by atoms with Gasteiger partial charge >= 0.3 is 0 Å². The summed E-state index contributed by atoms with van der Waals surface area (Å²) in [5.41, 5.74) is 0. The van der Waals surface area contributed by atoms with Crippen molar-refractivity contribution in [2.45, 2.75) is 25.9 Å². The molecule has 0 radical (unpaired) electrons. The summed E-state index contributed by atoms with van der Waals surface area (Å²) in [6.07, 6.45) is 5.49. The third kappa shape index (κ3) is 7.75. The molecular formula is C21H32N4O2S. The molecule has 1 saturated heterocycles. The molecule has 154 valence electrons. The number of rotatable bonds is 12. The number of ether oxygens (including phenoxy) is 1. The molecule has 6 nitrogen and oxygen atoms in total. The Bertz CT molecular complexity index is 654. The maximum atomic E-state index is 12.0. The third-order valence-electron chi connectivity index (χ3n) is 5.03. The van der Waals surface area contributed by atoms with Crippen LogP contribution in [-0.4, -0.2) is 72.8 Å². The van der Waals surface area contributed by atoms with E-state index in [1.807, 2.05) is 40.4 Å². The van der Waals surface area contributed by atoms with Crippen LogP contribution in [0.25, 0.3) is 0 Å². The van der Waals surface area contributed by atoms with Gasteiger partial charge in [0.25, 0.3) is 0 Å². The van der Waals surface area contributed by atoms with Crippen LogP contribution in [0.5, 0.6) is 0 Å². The molecular weight excluding hydrogens is 372 g/mol. The lowest BCUT2D eigenvalue weighted by Crippen LogP contribution is -2.41. The van der Waals surface area contributed by atoms with Gasteiger partial charge in [-0.1, -0.05) is 6.07 Å². The molecule has 3 heterocycles. The van der Waals surface area contributed by atoms with E-state index in [0.717, 1.165) is 72.0 Å². The van der Waals surface area contributed by atoms with Crippen molar-refractivity contribution < 1.29 is 9.53 Å². The lowest BCUT2D eigenvalue weighted by atomic mass is 10.3. The van der Waals surface area contributed by atoms with E-state index in [1.165, 1.54) is 4.88 Å². The fourth-order valence-electron chi connectivity index (χ4n) is 3.37. The first-order valence-electron chi connectivity index (χ1n) is 10.2. The SMILES string of the molecule is O=C(CCn1cccc1)NCCCN(CCN1CCOCC1)Cc1cccs1. The molecule has 1 fully saturated rings. The molecule has 0 atom stereocenters. The largest absolute Gasteiger partial charge is 0.379 e. The molecule has 2 aromatic rings. The molecule has 0 unspecified atom stereocenters. The molecule has 1 aliphatic heterocycles. The maximum absolute atomic E-state index is 12.0. The van der Waals surface area contributed by atoms with E-state index in [-0.39, 0.29) is 5.91 Å². The highest BCUT2D eigenvalue weighted by atomic mass is 32.1. The molecule has 0 aliphatic carbocycles. The standard InChI is InChI=1S/C21H32N4O2S/c26-21(6-11-23-8-1-2-9-23)22-7-4-10-25(19-20-5-3-18-28-20)13-12-24-14-16-27-17-15-24/h1-3,5,8-9,18H,4,6-7,10-17,19H2,(H,22,26). The second-order valence-electron chi connectivity index (χ2n) is 7.18. The van der Waals surface area contributed by atoms with Gasteiger partial charge in [-0.05, 0) is 30.0 Å². The Labute approximate surface area is 172 Å². The molecule has 7 heteroatoms. The zero-order chi connectivity index (χ0) is 19.4. The lowest BCUT2D eigenvalue weighted by molar-refractivity contribution is -0.121. The number of morpholine rings is 1.